The van der Waals surface area contributed by atoms with Crippen molar-refractivity contribution in [1.82, 2.24) is 0 Å². The number of esters is 1. The molecule has 2 atom stereocenters. The van der Waals surface area contributed by atoms with Crippen molar-refractivity contribution in [2.75, 3.05) is 16.8 Å². The molecule has 2 fully saturated rings. The Hall–Kier alpha value is -3.48. The van der Waals surface area contributed by atoms with Crippen molar-refractivity contribution >= 4 is 35.1 Å². The summed E-state index contributed by atoms with van der Waals surface area (Å²) in [5.41, 5.74) is 3.07. The fourth-order valence-corrected chi connectivity index (χ4v) is 4.59. The molecule has 0 radical (unpaired) electrons. The number of fused-ring (bicyclic) bond motifs is 1. The number of hydrogen-bond donors (Lipinski definition) is 1. The van der Waals surface area contributed by atoms with Crippen LogP contribution in [-0.2, 0) is 19.1 Å². The Bertz CT molecular complexity index is 1050. The Balaban J connectivity index is 1.42. The monoisotopic (exact) mass is 434 g/mol. The average Bonchev–Trinajstić information content (AvgIpc) is 3.05. The van der Waals surface area contributed by atoms with Gasteiger partial charge in [0, 0.05) is 5.69 Å². The van der Waals surface area contributed by atoms with Crippen molar-refractivity contribution in [3.05, 3.63) is 59.2 Å². The average molecular weight is 434 g/mol. The van der Waals surface area contributed by atoms with E-state index in [9.17, 15) is 19.2 Å². The van der Waals surface area contributed by atoms with Crippen molar-refractivity contribution in [2.45, 2.75) is 39.5 Å². The fraction of sp³-hybridized carbons (Fsp3) is 0.360. The van der Waals surface area contributed by atoms with Crippen LogP contribution in [0, 0.1) is 25.7 Å². The minimum Gasteiger partial charge on any atom is -0.452 e. The van der Waals surface area contributed by atoms with E-state index in [2.05, 4.69) is 5.32 Å². The molecule has 0 bridgehead atoms. The summed E-state index contributed by atoms with van der Waals surface area (Å²) >= 11 is 0. The van der Waals surface area contributed by atoms with Gasteiger partial charge in [-0.05, 0) is 56.0 Å². The number of rotatable bonds is 5. The normalized spacial score (nSPS) is 20.1. The van der Waals surface area contributed by atoms with Crippen LogP contribution >= 0.6 is 0 Å². The summed E-state index contributed by atoms with van der Waals surface area (Å²) in [6.07, 6.45) is 3.35. The second-order valence-electron chi connectivity index (χ2n) is 8.45. The highest BCUT2D eigenvalue weighted by atomic mass is 16.5. The van der Waals surface area contributed by atoms with Gasteiger partial charge in [0.15, 0.2) is 6.61 Å². The lowest BCUT2D eigenvalue weighted by atomic mass is 9.81. The van der Waals surface area contributed by atoms with Gasteiger partial charge in [-0.3, -0.25) is 19.3 Å². The molecular formula is C25H26N2O5. The highest BCUT2D eigenvalue weighted by Gasteiger charge is 2.48. The Labute approximate surface area is 186 Å². The topological polar surface area (TPSA) is 92.8 Å². The molecular weight excluding hydrogens is 408 g/mol. The summed E-state index contributed by atoms with van der Waals surface area (Å²) in [6.45, 7) is 3.33. The van der Waals surface area contributed by atoms with Crippen molar-refractivity contribution < 1.29 is 23.9 Å². The lowest BCUT2D eigenvalue weighted by Gasteiger charge is -2.19. The van der Waals surface area contributed by atoms with E-state index in [0.717, 1.165) is 36.8 Å². The number of hydrogen-bond acceptors (Lipinski definition) is 5. The third-order valence-corrected chi connectivity index (χ3v) is 6.26. The quantitative estimate of drug-likeness (QED) is 0.571. The molecule has 1 N–H and O–H groups in total. The van der Waals surface area contributed by atoms with E-state index >= 15 is 0 Å². The van der Waals surface area contributed by atoms with E-state index in [0.29, 0.717) is 11.4 Å². The minimum atomic E-state index is -0.694. The number of ether oxygens (including phenoxy) is 1. The predicted molar refractivity (Wildman–Crippen MR) is 119 cm³/mol. The molecule has 1 aliphatic carbocycles. The number of benzene rings is 2. The Morgan fingerprint density at radius 3 is 2.19 bits per heavy atom. The maximum Gasteiger partial charge on any atom is 0.338 e. The molecule has 4 rings (SSSR count). The number of para-hydroxylation sites is 1. The number of carbonyl (C=O) groups excluding carboxylic acids is 4. The molecule has 1 saturated carbocycles. The van der Waals surface area contributed by atoms with E-state index in [1.165, 1.54) is 17.0 Å². The predicted octanol–water partition coefficient (Wildman–Crippen LogP) is 3.78. The van der Waals surface area contributed by atoms with Gasteiger partial charge in [0.25, 0.3) is 5.91 Å². The van der Waals surface area contributed by atoms with Gasteiger partial charge in [-0.1, -0.05) is 37.1 Å². The van der Waals surface area contributed by atoms with Crippen LogP contribution in [0.15, 0.2) is 42.5 Å². The summed E-state index contributed by atoms with van der Waals surface area (Å²) in [6, 6.07) is 11.9. The summed E-state index contributed by atoms with van der Waals surface area (Å²) in [7, 11) is 0. The first-order valence-corrected chi connectivity index (χ1v) is 10.9. The third kappa shape index (κ3) is 4.15. The highest BCUT2D eigenvalue weighted by Crippen LogP contribution is 2.40. The van der Waals surface area contributed by atoms with Crippen LogP contribution < -0.4 is 10.2 Å². The molecule has 1 heterocycles. The van der Waals surface area contributed by atoms with Crippen molar-refractivity contribution in [1.29, 1.82) is 0 Å². The van der Waals surface area contributed by atoms with E-state index in [-0.39, 0.29) is 29.2 Å². The zero-order chi connectivity index (χ0) is 22.8. The van der Waals surface area contributed by atoms with E-state index < -0.39 is 18.5 Å². The van der Waals surface area contributed by atoms with Crippen molar-refractivity contribution in [3.8, 4) is 0 Å². The Morgan fingerprint density at radius 2 is 1.56 bits per heavy atom. The molecule has 7 heteroatoms. The number of nitrogens with one attached hydrogen (secondary N) is 1. The summed E-state index contributed by atoms with van der Waals surface area (Å²) in [4.78, 5) is 51.6. The minimum absolute atomic E-state index is 0.179. The first-order chi connectivity index (χ1) is 15.4. The molecule has 2 aromatic carbocycles. The largest absolute Gasteiger partial charge is 0.452 e. The zero-order valence-corrected chi connectivity index (χ0v) is 18.2. The summed E-state index contributed by atoms with van der Waals surface area (Å²) < 4.78 is 5.17. The van der Waals surface area contributed by atoms with Gasteiger partial charge in [-0.25, -0.2) is 4.79 Å². The van der Waals surface area contributed by atoms with Crippen LogP contribution in [-0.4, -0.2) is 30.3 Å². The van der Waals surface area contributed by atoms with Crippen LogP contribution in [0.1, 0.15) is 47.2 Å². The molecule has 0 aromatic heterocycles. The molecule has 0 spiro atoms. The van der Waals surface area contributed by atoms with Gasteiger partial charge < -0.3 is 10.1 Å². The van der Waals surface area contributed by atoms with Crippen LogP contribution in [0.3, 0.4) is 0 Å². The van der Waals surface area contributed by atoms with Gasteiger partial charge >= 0.3 is 5.97 Å². The lowest BCUT2D eigenvalue weighted by Crippen LogP contribution is -2.31. The summed E-state index contributed by atoms with van der Waals surface area (Å²) in [5, 5.41) is 2.77. The first kappa shape index (κ1) is 21.7. The molecule has 2 aromatic rings. The molecule has 3 amide bonds. The molecule has 2 aliphatic rings. The maximum atomic E-state index is 12.8. The van der Waals surface area contributed by atoms with Crippen LogP contribution in [0.2, 0.25) is 0 Å². The van der Waals surface area contributed by atoms with Gasteiger partial charge in [0.05, 0.1) is 23.1 Å². The number of amides is 3. The van der Waals surface area contributed by atoms with Crippen LogP contribution in [0.4, 0.5) is 11.4 Å². The number of aryl methyl sites for hydroxylation is 2. The third-order valence-electron chi connectivity index (χ3n) is 6.26. The number of imide groups is 1. The van der Waals surface area contributed by atoms with E-state index in [1.54, 1.807) is 12.1 Å². The van der Waals surface area contributed by atoms with E-state index in [1.807, 2.05) is 32.0 Å². The van der Waals surface area contributed by atoms with Gasteiger partial charge in [-0.2, -0.15) is 0 Å². The lowest BCUT2D eigenvalue weighted by molar-refractivity contribution is -0.122. The standard InChI is InChI=1S/C25H26N2O5/c1-15-7-5-8-16(2)22(15)26-21(28)14-32-25(31)17-9-6-10-18(13-17)27-23(29)19-11-3-4-12-20(19)24(27)30/h5-10,13,19-20H,3-4,11-12,14H2,1-2H3,(H,26,28)/t19-,20-/m0/s1. The molecule has 7 nitrogen and oxygen atoms in total. The van der Waals surface area contributed by atoms with Crippen molar-refractivity contribution in [2.24, 2.45) is 11.8 Å². The smallest absolute Gasteiger partial charge is 0.338 e. The molecule has 32 heavy (non-hydrogen) atoms. The maximum absolute atomic E-state index is 12.8. The Kier molecular flexibility index (Phi) is 6.08. The number of nitrogens with zero attached hydrogens (tertiary/aromatic N) is 1. The van der Waals surface area contributed by atoms with Crippen LogP contribution in [0.5, 0.6) is 0 Å². The number of carbonyl (C=O) groups is 4. The second-order valence-corrected chi connectivity index (χ2v) is 8.45. The highest BCUT2D eigenvalue weighted by molar-refractivity contribution is 6.22. The van der Waals surface area contributed by atoms with Crippen molar-refractivity contribution in [3.63, 3.8) is 0 Å². The van der Waals surface area contributed by atoms with Gasteiger partial charge in [-0.15, -0.1) is 0 Å². The van der Waals surface area contributed by atoms with Crippen LogP contribution in [0.25, 0.3) is 0 Å². The SMILES string of the molecule is Cc1cccc(C)c1NC(=O)COC(=O)c1cccc(N2C(=O)[C@H]3CCCC[C@@H]3C2=O)c1. The van der Waals surface area contributed by atoms with Gasteiger partial charge in [0.1, 0.15) is 0 Å². The second kappa shape index (κ2) is 8.94. The Morgan fingerprint density at radius 1 is 0.969 bits per heavy atom. The molecule has 166 valence electrons. The fourth-order valence-electron chi connectivity index (χ4n) is 4.59. The molecule has 1 aliphatic heterocycles. The zero-order valence-electron chi connectivity index (χ0n) is 18.2. The molecule has 0 unspecified atom stereocenters. The first-order valence-electron chi connectivity index (χ1n) is 10.9. The number of anilines is 2. The summed E-state index contributed by atoms with van der Waals surface area (Å²) in [5.74, 6) is -2.06. The molecule has 1 saturated heterocycles. The van der Waals surface area contributed by atoms with Gasteiger partial charge in [0.2, 0.25) is 11.8 Å². The van der Waals surface area contributed by atoms with E-state index in [4.69, 9.17) is 4.74 Å².